The highest BCUT2D eigenvalue weighted by molar-refractivity contribution is 6.00. The van der Waals surface area contributed by atoms with Gasteiger partial charge in [0.05, 0.1) is 0 Å². The fourth-order valence-corrected chi connectivity index (χ4v) is 5.20. The van der Waals surface area contributed by atoms with E-state index in [0.29, 0.717) is 30.6 Å². The highest BCUT2D eigenvalue weighted by Gasteiger charge is 2.36. The molecule has 0 aromatic heterocycles. The van der Waals surface area contributed by atoms with Crippen LogP contribution in [-0.2, 0) is 14.3 Å². The summed E-state index contributed by atoms with van der Waals surface area (Å²) >= 11 is 0. The lowest BCUT2D eigenvalue weighted by Gasteiger charge is -2.35. The van der Waals surface area contributed by atoms with E-state index in [4.69, 9.17) is 4.74 Å². The first kappa shape index (κ1) is 34.4. The molecule has 0 bridgehead atoms. The molecule has 0 aliphatic heterocycles. The van der Waals surface area contributed by atoms with Crippen molar-refractivity contribution in [2.45, 2.75) is 97.8 Å². The number of aromatic hydroxyl groups is 1. The maximum absolute atomic E-state index is 14.4. The third-order valence-electron chi connectivity index (χ3n) is 7.27. The summed E-state index contributed by atoms with van der Waals surface area (Å²) in [6.45, 7) is 11.7. The lowest BCUT2D eigenvalue weighted by molar-refractivity contribution is -0.141. The summed E-state index contributed by atoms with van der Waals surface area (Å²) in [7, 11) is 0. The number of alkyl carbamates (subject to hydrolysis) is 1. The Morgan fingerprint density at radius 2 is 1.55 bits per heavy atom. The van der Waals surface area contributed by atoms with Crippen molar-refractivity contribution in [3.05, 3.63) is 72.3 Å². The predicted octanol–water partition coefficient (Wildman–Crippen LogP) is 7.96. The Hall–Kier alpha value is -4.07. The second-order valence-corrected chi connectivity index (χ2v) is 12.8. The molecule has 3 rings (SSSR count). The number of carbonyl (C=O) groups excluding carboxylic acids is 3. The van der Waals surface area contributed by atoms with Crippen LogP contribution in [-0.4, -0.2) is 46.1 Å². The third kappa shape index (κ3) is 10.6. The van der Waals surface area contributed by atoms with Crippen molar-refractivity contribution in [1.82, 2.24) is 10.2 Å². The minimum atomic E-state index is -1.00. The summed E-state index contributed by atoms with van der Waals surface area (Å²) in [5.74, 6) is -0.590. The van der Waals surface area contributed by atoms with Gasteiger partial charge in [0.2, 0.25) is 5.91 Å². The lowest BCUT2D eigenvalue weighted by Crippen LogP contribution is -2.53. The van der Waals surface area contributed by atoms with E-state index in [9.17, 15) is 19.5 Å². The Labute approximate surface area is 262 Å². The van der Waals surface area contributed by atoms with E-state index < -0.39 is 23.8 Å². The topological polar surface area (TPSA) is 108 Å². The lowest BCUT2D eigenvalue weighted by atomic mass is 9.98. The van der Waals surface area contributed by atoms with E-state index in [1.807, 2.05) is 56.3 Å². The fourth-order valence-electron chi connectivity index (χ4n) is 5.20. The number of phenolic OH excluding ortho intramolecular Hbond substituents is 1. The number of hydrogen-bond acceptors (Lipinski definition) is 5. The Morgan fingerprint density at radius 3 is 2.18 bits per heavy atom. The number of hydrogen-bond donors (Lipinski definition) is 3. The number of fused-ring (bicyclic) bond motifs is 1. The zero-order valence-electron chi connectivity index (χ0n) is 27.1. The van der Waals surface area contributed by atoms with Gasteiger partial charge in [0.25, 0.3) is 5.91 Å². The molecule has 0 saturated carbocycles. The molecule has 0 aliphatic rings. The normalized spacial score (nSPS) is 12.9. The zero-order valence-corrected chi connectivity index (χ0v) is 27.1. The number of benzene rings is 3. The molecule has 3 aromatic carbocycles. The Bertz CT molecular complexity index is 1380. The number of anilines is 1. The van der Waals surface area contributed by atoms with Gasteiger partial charge in [-0.25, -0.2) is 4.79 Å². The largest absolute Gasteiger partial charge is 0.508 e. The number of nitrogens with zero attached hydrogens (tertiary/aromatic N) is 1. The van der Waals surface area contributed by atoms with Crippen LogP contribution in [0.5, 0.6) is 5.75 Å². The van der Waals surface area contributed by atoms with Crippen LogP contribution >= 0.6 is 0 Å². The molecule has 8 nitrogen and oxygen atoms in total. The van der Waals surface area contributed by atoms with Gasteiger partial charge in [-0.3, -0.25) is 9.59 Å². The quantitative estimate of drug-likeness (QED) is 0.162. The predicted molar refractivity (Wildman–Crippen MR) is 177 cm³/mol. The Kier molecular flexibility index (Phi) is 12.6. The monoisotopic (exact) mass is 603 g/mol. The number of nitrogens with one attached hydrogen (secondary N) is 2. The van der Waals surface area contributed by atoms with E-state index in [-0.39, 0.29) is 23.5 Å². The summed E-state index contributed by atoms with van der Waals surface area (Å²) in [4.78, 5) is 43.1. The second kappa shape index (κ2) is 16.1. The first-order valence-electron chi connectivity index (χ1n) is 15.8. The van der Waals surface area contributed by atoms with Crippen molar-refractivity contribution < 1.29 is 24.2 Å². The Balaban J connectivity index is 2.02. The van der Waals surface area contributed by atoms with E-state index in [1.54, 1.807) is 37.8 Å². The summed E-state index contributed by atoms with van der Waals surface area (Å²) in [6.07, 6.45) is 4.50. The molecule has 2 unspecified atom stereocenters. The third-order valence-corrected chi connectivity index (χ3v) is 7.27. The van der Waals surface area contributed by atoms with E-state index in [2.05, 4.69) is 17.6 Å². The van der Waals surface area contributed by atoms with Crippen LogP contribution in [0.1, 0.15) is 91.7 Å². The van der Waals surface area contributed by atoms with Crippen molar-refractivity contribution in [2.24, 2.45) is 5.92 Å². The summed E-state index contributed by atoms with van der Waals surface area (Å²) in [5, 5.41) is 17.9. The maximum Gasteiger partial charge on any atom is 0.408 e. The standard InChI is InChI=1S/C36H49N3O5/c1-7-8-9-10-13-22-39(34(42)31(23-25(2)3)38-35(43)44-36(4,5)6)32(27-17-20-30(40)21-18-27)33(41)37-29-19-16-26-14-11-12-15-28(26)24-29/h11-12,14-21,24-25,31-32,40H,7-10,13,22-23H2,1-6H3,(H,37,41)(H,38,43). The molecule has 3 aromatic rings. The van der Waals surface area contributed by atoms with Crippen LogP contribution in [0.4, 0.5) is 10.5 Å². The van der Waals surface area contributed by atoms with Crippen LogP contribution < -0.4 is 10.6 Å². The minimum Gasteiger partial charge on any atom is -0.508 e. The number of amides is 3. The molecule has 44 heavy (non-hydrogen) atoms. The number of ether oxygens (including phenoxy) is 1. The van der Waals surface area contributed by atoms with Crippen LogP contribution in [0, 0.1) is 5.92 Å². The minimum absolute atomic E-state index is 0.0594. The average molecular weight is 604 g/mol. The smallest absolute Gasteiger partial charge is 0.408 e. The van der Waals surface area contributed by atoms with Crippen LogP contribution in [0.3, 0.4) is 0 Å². The number of carbonyl (C=O) groups is 3. The van der Waals surface area contributed by atoms with Crippen LogP contribution in [0.2, 0.25) is 0 Å². The molecule has 0 fully saturated rings. The number of phenols is 1. The number of rotatable bonds is 14. The van der Waals surface area contributed by atoms with Crippen molar-refractivity contribution >= 4 is 34.4 Å². The second-order valence-electron chi connectivity index (χ2n) is 12.8. The molecule has 0 aliphatic carbocycles. The maximum atomic E-state index is 14.4. The Morgan fingerprint density at radius 1 is 0.886 bits per heavy atom. The highest BCUT2D eigenvalue weighted by atomic mass is 16.6. The van der Waals surface area contributed by atoms with Gasteiger partial charge < -0.3 is 25.4 Å². The van der Waals surface area contributed by atoms with Crippen molar-refractivity contribution in [2.75, 3.05) is 11.9 Å². The van der Waals surface area contributed by atoms with Gasteiger partial charge in [-0.05, 0) is 80.1 Å². The molecule has 2 atom stereocenters. The van der Waals surface area contributed by atoms with Gasteiger partial charge >= 0.3 is 6.09 Å². The SMILES string of the molecule is CCCCCCCN(C(=O)C(CC(C)C)NC(=O)OC(C)(C)C)C(C(=O)Nc1ccc2ccccc2c1)c1ccc(O)cc1. The van der Waals surface area contributed by atoms with Crippen molar-refractivity contribution in [3.63, 3.8) is 0 Å². The van der Waals surface area contributed by atoms with Crippen molar-refractivity contribution in [3.8, 4) is 5.75 Å². The first-order chi connectivity index (χ1) is 20.9. The van der Waals surface area contributed by atoms with E-state index in [1.165, 1.54) is 12.1 Å². The number of unbranched alkanes of at least 4 members (excludes halogenated alkanes) is 4. The molecule has 0 radical (unpaired) electrons. The summed E-state index contributed by atoms with van der Waals surface area (Å²) in [6, 6.07) is 18.0. The van der Waals surface area contributed by atoms with Gasteiger partial charge in [0, 0.05) is 12.2 Å². The van der Waals surface area contributed by atoms with Gasteiger partial charge in [0.15, 0.2) is 0 Å². The molecule has 0 saturated heterocycles. The highest BCUT2D eigenvalue weighted by Crippen LogP contribution is 2.28. The van der Waals surface area contributed by atoms with Gasteiger partial charge in [-0.1, -0.05) is 88.9 Å². The van der Waals surface area contributed by atoms with Crippen molar-refractivity contribution in [1.29, 1.82) is 0 Å². The fraction of sp³-hybridized carbons (Fsp3) is 0.472. The van der Waals surface area contributed by atoms with Gasteiger partial charge in [-0.15, -0.1) is 0 Å². The van der Waals surface area contributed by atoms with E-state index >= 15 is 0 Å². The molecular weight excluding hydrogens is 554 g/mol. The average Bonchev–Trinajstić information content (AvgIpc) is 2.95. The van der Waals surface area contributed by atoms with Crippen LogP contribution in [0.25, 0.3) is 10.8 Å². The molecule has 0 spiro atoms. The first-order valence-corrected chi connectivity index (χ1v) is 15.8. The molecular formula is C36H49N3O5. The zero-order chi connectivity index (χ0) is 32.3. The summed E-state index contributed by atoms with van der Waals surface area (Å²) in [5.41, 5.74) is 0.435. The summed E-state index contributed by atoms with van der Waals surface area (Å²) < 4.78 is 5.50. The molecule has 8 heteroatoms. The molecule has 3 amide bonds. The molecule has 0 heterocycles. The van der Waals surface area contributed by atoms with Crippen LogP contribution in [0.15, 0.2) is 66.7 Å². The van der Waals surface area contributed by atoms with Gasteiger partial charge in [0.1, 0.15) is 23.4 Å². The van der Waals surface area contributed by atoms with Gasteiger partial charge in [-0.2, -0.15) is 0 Å². The van der Waals surface area contributed by atoms with E-state index in [0.717, 1.165) is 36.5 Å². The molecule has 238 valence electrons. The molecule has 3 N–H and O–H groups in total.